The van der Waals surface area contributed by atoms with Gasteiger partial charge in [0.05, 0.1) is 0 Å². The van der Waals surface area contributed by atoms with Crippen LogP contribution in [0.2, 0.25) is 0 Å². The monoisotopic (exact) mass is 161 g/mol. The van der Waals surface area contributed by atoms with Crippen molar-refractivity contribution in [1.29, 1.82) is 5.41 Å². The average molecular weight is 161 g/mol. The minimum atomic E-state index is 0.335. The number of nitrogens with one attached hydrogen (secondary N) is 1. The molecule has 62 valence electrons. The summed E-state index contributed by atoms with van der Waals surface area (Å²) in [7, 11) is 0. The summed E-state index contributed by atoms with van der Waals surface area (Å²) >= 11 is 0. The molecule has 0 saturated carbocycles. The lowest BCUT2D eigenvalue weighted by molar-refractivity contribution is 0.474. The molecule has 1 aliphatic rings. The van der Waals surface area contributed by atoms with Gasteiger partial charge in [-0.15, -0.1) is 0 Å². The maximum Gasteiger partial charge on any atom is 0.115 e. The highest BCUT2D eigenvalue weighted by Crippen LogP contribution is 2.22. The molecule has 0 spiro atoms. The number of aryl methyl sites for hydroxylation is 1. The minimum Gasteiger partial charge on any atom is -0.508 e. The Kier molecular flexibility index (Phi) is 1.61. The number of benzene rings is 1. The van der Waals surface area contributed by atoms with E-state index in [2.05, 4.69) is 0 Å². The van der Waals surface area contributed by atoms with Gasteiger partial charge in [0.15, 0.2) is 0 Å². The molecular weight excluding hydrogens is 150 g/mol. The minimum absolute atomic E-state index is 0.335. The van der Waals surface area contributed by atoms with E-state index >= 15 is 0 Å². The average Bonchev–Trinajstić information content (AvgIpc) is 2.05. The highest BCUT2D eigenvalue weighted by atomic mass is 16.3. The van der Waals surface area contributed by atoms with Crippen molar-refractivity contribution >= 4 is 5.71 Å². The molecule has 0 saturated heterocycles. The molecule has 1 aromatic rings. The normalized spacial score (nSPS) is 15.8. The molecular formula is C10H11NO. The molecule has 0 unspecified atom stereocenters. The summed E-state index contributed by atoms with van der Waals surface area (Å²) < 4.78 is 0. The second-order valence-electron chi connectivity index (χ2n) is 3.23. The number of hydrogen-bond donors (Lipinski definition) is 2. The van der Waals surface area contributed by atoms with Crippen molar-refractivity contribution in [3.63, 3.8) is 0 Å². The molecule has 0 heterocycles. The van der Waals surface area contributed by atoms with Crippen LogP contribution in [0.5, 0.6) is 5.75 Å². The van der Waals surface area contributed by atoms with Crippen molar-refractivity contribution in [3.05, 3.63) is 29.3 Å². The third-order valence-electron chi connectivity index (χ3n) is 2.29. The van der Waals surface area contributed by atoms with Crippen LogP contribution in [-0.4, -0.2) is 10.8 Å². The first-order valence-corrected chi connectivity index (χ1v) is 4.13. The molecule has 12 heavy (non-hydrogen) atoms. The zero-order valence-electron chi connectivity index (χ0n) is 6.80. The smallest absolute Gasteiger partial charge is 0.115 e. The van der Waals surface area contributed by atoms with Crippen molar-refractivity contribution in [1.82, 2.24) is 0 Å². The van der Waals surface area contributed by atoms with Crippen LogP contribution in [-0.2, 0) is 12.8 Å². The van der Waals surface area contributed by atoms with E-state index in [1.165, 1.54) is 11.1 Å². The molecule has 0 bridgehead atoms. The van der Waals surface area contributed by atoms with Gasteiger partial charge in [-0.05, 0) is 36.1 Å². The van der Waals surface area contributed by atoms with Gasteiger partial charge in [0.25, 0.3) is 0 Å². The van der Waals surface area contributed by atoms with Gasteiger partial charge < -0.3 is 10.5 Å². The molecule has 2 N–H and O–H groups in total. The van der Waals surface area contributed by atoms with E-state index in [0.29, 0.717) is 5.75 Å². The number of phenolic OH excluding ortho intramolecular Hbond substituents is 1. The lowest BCUT2D eigenvalue weighted by Gasteiger charge is -2.16. The highest BCUT2D eigenvalue weighted by Gasteiger charge is 2.12. The molecule has 2 heteroatoms. The third-order valence-corrected chi connectivity index (χ3v) is 2.29. The third kappa shape index (κ3) is 1.20. The van der Waals surface area contributed by atoms with Gasteiger partial charge in [-0.2, -0.15) is 0 Å². The Labute approximate surface area is 71.4 Å². The van der Waals surface area contributed by atoms with Crippen LogP contribution in [0.3, 0.4) is 0 Å². The number of phenols is 1. The zero-order valence-corrected chi connectivity index (χ0v) is 6.80. The number of aromatic hydroxyl groups is 1. The van der Waals surface area contributed by atoms with E-state index in [9.17, 15) is 5.11 Å². The summed E-state index contributed by atoms with van der Waals surface area (Å²) in [5.74, 6) is 0.335. The Morgan fingerprint density at radius 2 is 2.00 bits per heavy atom. The molecule has 0 amide bonds. The van der Waals surface area contributed by atoms with Crippen molar-refractivity contribution in [2.24, 2.45) is 0 Å². The summed E-state index contributed by atoms with van der Waals surface area (Å²) in [5.41, 5.74) is 3.20. The van der Waals surface area contributed by atoms with Crippen molar-refractivity contribution in [3.8, 4) is 5.75 Å². The lowest BCUT2D eigenvalue weighted by Crippen LogP contribution is -2.11. The first-order chi connectivity index (χ1) is 5.75. The predicted octanol–water partition coefficient (Wildman–Crippen LogP) is 1.90. The maximum absolute atomic E-state index is 9.20. The predicted molar refractivity (Wildman–Crippen MR) is 47.9 cm³/mol. The molecule has 0 atom stereocenters. The Balaban J connectivity index is 2.43. The van der Waals surface area contributed by atoms with E-state index < -0.39 is 0 Å². The van der Waals surface area contributed by atoms with Gasteiger partial charge in [-0.25, -0.2) is 0 Å². The molecule has 1 aromatic carbocycles. The second kappa shape index (κ2) is 2.63. The quantitative estimate of drug-likeness (QED) is 0.599. The molecule has 0 radical (unpaired) electrons. The van der Waals surface area contributed by atoms with Crippen LogP contribution in [0, 0.1) is 5.41 Å². The Morgan fingerprint density at radius 3 is 2.83 bits per heavy atom. The second-order valence-corrected chi connectivity index (χ2v) is 3.23. The number of hydrogen-bond acceptors (Lipinski definition) is 2. The van der Waals surface area contributed by atoms with E-state index in [1.54, 1.807) is 6.07 Å². The largest absolute Gasteiger partial charge is 0.508 e. The van der Waals surface area contributed by atoms with Gasteiger partial charge in [0.2, 0.25) is 0 Å². The van der Waals surface area contributed by atoms with Crippen LogP contribution in [0.15, 0.2) is 18.2 Å². The topological polar surface area (TPSA) is 44.1 Å². The number of rotatable bonds is 0. The van der Waals surface area contributed by atoms with E-state index in [4.69, 9.17) is 5.41 Å². The molecule has 1 aliphatic carbocycles. The van der Waals surface area contributed by atoms with Gasteiger partial charge in [0, 0.05) is 12.1 Å². The zero-order chi connectivity index (χ0) is 8.55. The van der Waals surface area contributed by atoms with Crippen LogP contribution in [0.1, 0.15) is 17.5 Å². The molecule has 2 nitrogen and oxygen atoms in total. The number of fused-ring (bicyclic) bond motifs is 1. The summed E-state index contributed by atoms with van der Waals surface area (Å²) in [6, 6.07) is 5.41. The lowest BCUT2D eigenvalue weighted by atomic mass is 9.90. The van der Waals surface area contributed by atoms with Crippen LogP contribution in [0.25, 0.3) is 0 Å². The fourth-order valence-electron chi connectivity index (χ4n) is 1.62. The van der Waals surface area contributed by atoms with E-state index in [0.717, 1.165) is 25.0 Å². The SMILES string of the molecule is N=C1CCc2cc(O)ccc2C1. The van der Waals surface area contributed by atoms with Crippen LogP contribution in [0.4, 0.5) is 0 Å². The summed E-state index contributed by atoms with van der Waals surface area (Å²) in [6.45, 7) is 0. The summed E-state index contributed by atoms with van der Waals surface area (Å²) in [6.07, 6.45) is 2.51. The Morgan fingerprint density at radius 1 is 1.17 bits per heavy atom. The molecule has 0 aromatic heterocycles. The Hall–Kier alpha value is -1.31. The molecule has 2 rings (SSSR count). The fraction of sp³-hybridized carbons (Fsp3) is 0.300. The summed E-state index contributed by atoms with van der Waals surface area (Å²) in [4.78, 5) is 0. The van der Waals surface area contributed by atoms with Gasteiger partial charge in [-0.1, -0.05) is 6.07 Å². The fourth-order valence-corrected chi connectivity index (χ4v) is 1.62. The molecule has 0 aliphatic heterocycles. The van der Waals surface area contributed by atoms with E-state index in [1.807, 2.05) is 12.1 Å². The van der Waals surface area contributed by atoms with E-state index in [-0.39, 0.29) is 0 Å². The Bertz CT molecular complexity index is 331. The maximum atomic E-state index is 9.20. The summed E-state index contributed by atoms with van der Waals surface area (Å²) in [5, 5.41) is 16.7. The van der Waals surface area contributed by atoms with Gasteiger partial charge in [0.1, 0.15) is 5.75 Å². The van der Waals surface area contributed by atoms with Crippen molar-refractivity contribution in [2.75, 3.05) is 0 Å². The van der Waals surface area contributed by atoms with Crippen molar-refractivity contribution < 1.29 is 5.11 Å². The highest BCUT2D eigenvalue weighted by molar-refractivity contribution is 5.85. The standard InChI is InChI=1S/C10H11NO/c11-9-3-1-8-6-10(12)4-2-7(8)5-9/h2,4,6,11-12H,1,3,5H2. The molecule has 0 fully saturated rings. The van der Waals surface area contributed by atoms with Crippen LogP contribution < -0.4 is 0 Å². The first-order valence-electron chi connectivity index (χ1n) is 4.13. The van der Waals surface area contributed by atoms with Crippen LogP contribution >= 0.6 is 0 Å². The van der Waals surface area contributed by atoms with Gasteiger partial charge >= 0.3 is 0 Å². The van der Waals surface area contributed by atoms with Crippen molar-refractivity contribution in [2.45, 2.75) is 19.3 Å². The van der Waals surface area contributed by atoms with Gasteiger partial charge in [-0.3, -0.25) is 0 Å². The first kappa shape index (κ1) is 7.35.